The molecule has 0 bridgehead atoms. The van der Waals surface area contributed by atoms with E-state index in [1.54, 1.807) is 0 Å². The van der Waals surface area contributed by atoms with Crippen molar-refractivity contribution in [1.82, 2.24) is 0 Å². The van der Waals surface area contributed by atoms with Crippen LogP contribution in [0.3, 0.4) is 0 Å². The van der Waals surface area contributed by atoms with Gasteiger partial charge in [0.05, 0.1) is 26.4 Å². The van der Waals surface area contributed by atoms with Crippen LogP contribution in [-0.2, 0) is 65.4 Å². The Hall–Kier alpha value is -1.94. The van der Waals surface area contributed by atoms with Crippen molar-refractivity contribution in [2.24, 2.45) is 5.92 Å². The molecule has 5 atom stereocenters. The number of ether oxygens (including phenoxy) is 4. The molecule has 0 heterocycles. The average molecular weight is 1370 g/mol. The summed E-state index contributed by atoms with van der Waals surface area (Å²) in [6.07, 6.45) is 55.5. The molecule has 0 spiro atoms. The lowest BCUT2D eigenvalue weighted by Gasteiger charge is -2.21. The predicted octanol–water partition coefficient (Wildman–Crippen LogP) is 21.7. The van der Waals surface area contributed by atoms with E-state index >= 15 is 0 Å². The first-order valence-corrected chi connectivity index (χ1v) is 41.6. The minimum absolute atomic E-state index is 0.107. The van der Waals surface area contributed by atoms with Crippen molar-refractivity contribution in [1.29, 1.82) is 0 Å². The van der Waals surface area contributed by atoms with E-state index in [-0.39, 0.29) is 25.7 Å². The maximum absolute atomic E-state index is 13.1. The summed E-state index contributed by atoms with van der Waals surface area (Å²) in [5.74, 6) is -1.31. The van der Waals surface area contributed by atoms with Gasteiger partial charge in [0.2, 0.25) is 0 Å². The van der Waals surface area contributed by atoms with Gasteiger partial charge in [-0.1, -0.05) is 336 Å². The topological polar surface area (TPSA) is 237 Å². The minimum Gasteiger partial charge on any atom is -0.462 e. The Labute approximate surface area is 568 Å². The highest BCUT2D eigenvalue weighted by Crippen LogP contribution is 2.45. The van der Waals surface area contributed by atoms with E-state index in [0.717, 1.165) is 102 Å². The molecule has 19 heteroatoms. The van der Waals surface area contributed by atoms with Gasteiger partial charge in [-0.05, 0) is 31.6 Å². The molecule has 17 nitrogen and oxygen atoms in total. The van der Waals surface area contributed by atoms with Gasteiger partial charge in [0, 0.05) is 25.7 Å². The van der Waals surface area contributed by atoms with E-state index in [1.165, 1.54) is 205 Å². The lowest BCUT2D eigenvalue weighted by Crippen LogP contribution is -2.30. The van der Waals surface area contributed by atoms with Gasteiger partial charge in [-0.15, -0.1) is 0 Å². The van der Waals surface area contributed by atoms with E-state index in [9.17, 15) is 43.2 Å². The zero-order valence-electron chi connectivity index (χ0n) is 60.4. The highest BCUT2D eigenvalue weighted by Gasteiger charge is 2.30. The number of aliphatic hydroxyl groups is 1. The van der Waals surface area contributed by atoms with Crippen LogP contribution in [0.5, 0.6) is 0 Å². The maximum atomic E-state index is 13.1. The molecular formula is C74H144O17P2. The maximum Gasteiger partial charge on any atom is 0.472 e. The number of unbranched alkanes of at least 4 members (excludes halogenated alkanes) is 46. The van der Waals surface area contributed by atoms with E-state index in [0.29, 0.717) is 25.7 Å². The Kier molecular flexibility index (Phi) is 65.9. The number of carbonyl (C=O) groups is 4. The Bertz CT molecular complexity index is 1790. The standard InChI is InChI=1S/C74H144O17P2/c1-6-9-12-15-18-21-23-24-25-29-32-35-39-43-48-53-58-72(77)85-64-70(91-74(79)60-55-50-45-40-36-33-30-27-26-28-31-34-37-41-46-51-56-67(4)5)66-89-93(82,83)87-62-68(75)61-86-92(80,81)88-65-69(63-84-71(76)57-52-47-42-20-17-14-11-8-3)90-73(78)59-54-49-44-38-22-19-16-13-10-7-2/h67-70,75H,6-66H2,1-5H3,(H,80,81)(H,82,83)/t68-,69+,70+/m0/s1. The molecule has 0 aromatic carbocycles. The number of phosphoric ester groups is 2. The van der Waals surface area contributed by atoms with Gasteiger partial charge >= 0.3 is 39.5 Å². The van der Waals surface area contributed by atoms with Gasteiger partial charge in [0.25, 0.3) is 0 Å². The van der Waals surface area contributed by atoms with Crippen LogP contribution < -0.4 is 0 Å². The summed E-state index contributed by atoms with van der Waals surface area (Å²) in [4.78, 5) is 72.6. The number of hydrogen-bond acceptors (Lipinski definition) is 15. The molecule has 93 heavy (non-hydrogen) atoms. The highest BCUT2D eigenvalue weighted by molar-refractivity contribution is 7.47. The molecular weight excluding hydrogens is 1220 g/mol. The van der Waals surface area contributed by atoms with Crippen LogP contribution in [0, 0.1) is 5.92 Å². The molecule has 0 aliphatic rings. The number of aliphatic hydroxyl groups excluding tert-OH is 1. The quantitative estimate of drug-likeness (QED) is 0.0222. The first-order valence-electron chi connectivity index (χ1n) is 38.6. The second kappa shape index (κ2) is 67.3. The second-order valence-corrected chi connectivity index (χ2v) is 30.1. The zero-order valence-corrected chi connectivity index (χ0v) is 62.2. The molecule has 0 aromatic rings. The minimum atomic E-state index is -4.95. The molecule has 0 amide bonds. The average Bonchev–Trinajstić information content (AvgIpc) is 1.77. The summed E-state index contributed by atoms with van der Waals surface area (Å²) >= 11 is 0. The number of rotatable bonds is 74. The third kappa shape index (κ3) is 68.4. The van der Waals surface area contributed by atoms with Crippen molar-refractivity contribution >= 4 is 39.5 Å². The number of carbonyl (C=O) groups excluding carboxylic acids is 4. The molecule has 0 saturated heterocycles. The van der Waals surface area contributed by atoms with Crippen LogP contribution in [0.2, 0.25) is 0 Å². The van der Waals surface area contributed by atoms with Crippen LogP contribution in [0.15, 0.2) is 0 Å². The first kappa shape index (κ1) is 91.1. The summed E-state index contributed by atoms with van der Waals surface area (Å²) in [6.45, 7) is 7.27. The Morgan fingerprint density at radius 3 is 0.731 bits per heavy atom. The molecule has 0 saturated carbocycles. The van der Waals surface area contributed by atoms with Crippen LogP contribution in [0.1, 0.15) is 388 Å². The molecule has 3 N–H and O–H groups in total. The Morgan fingerprint density at radius 2 is 0.495 bits per heavy atom. The molecule has 0 rings (SSSR count). The summed E-state index contributed by atoms with van der Waals surface area (Å²) in [6, 6.07) is 0. The first-order chi connectivity index (χ1) is 45.0. The van der Waals surface area contributed by atoms with Crippen molar-refractivity contribution in [2.45, 2.75) is 406 Å². The largest absolute Gasteiger partial charge is 0.472 e. The molecule has 0 aromatic heterocycles. The summed E-state index contributed by atoms with van der Waals surface area (Å²) in [5.41, 5.74) is 0. The van der Waals surface area contributed by atoms with Crippen LogP contribution >= 0.6 is 15.6 Å². The number of hydrogen-bond donors (Lipinski definition) is 3. The normalized spacial score (nSPS) is 14.0. The van der Waals surface area contributed by atoms with Crippen molar-refractivity contribution in [3.63, 3.8) is 0 Å². The summed E-state index contributed by atoms with van der Waals surface area (Å²) in [5, 5.41) is 10.6. The van der Waals surface area contributed by atoms with Gasteiger partial charge in [-0.25, -0.2) is 9.13 Å². The van der Waals surface area contributed by atoms with E-state index in [4.69, 9.17) is 37.0 Å². The monoisotopic (exact) mass is 1370 g/mol. The third-order valence-electron chi connectivity index (χ3n) is 17.3. The molecule has 0 aliphatic carbocycles. The van der Waals surface area contributed by atoms with Crippen molar-refractivity contribution in [3.8, 4) is 0 Å². The number of phosphoric acid groups is 2. The van der Waals surface area contributed by atoms with Gasteiger partial charge in [0.15, 0.2) is 12.2 Å². The van der Waals surface area contributed by atoms with E-state index < -0.39 is 97.5 Å². The molecule has 0 fully saturated rings. The van der Waals surface area contributed by atoms with Crippen molar-refractivity contribution in [3.05, 3.63) is 0 Å². The van der Waals surface area contributed by atoms with Gasteiger partial charge in [0.1, 0.15) is 19.3 Å². The van der Waals surface area contributed by atoms with Crippen LogP contribution in [-0.4, -0.2) is 96.7 Å². The molecule has 552 valence electrons. The van der Waals surface area contributed by atoms with Crippen LogP contribution in [0.25, 0.3) is 0 Å². The fourth-order valence-corrected chi connectivity index (χ4v) is 12.9. The molecule has 2 unspecified atom stereocenters. The van der Waals surface area contributed by atoms with Crippen LogP contribution in [0.4, 0.5) is 0 Å². The van der Waals surface area contributed by atoms with E-state index in [1.807, 2.05) is 0 Å². The predicted molar refractivity (Wildman–Crippen MR) is 377 cm³/mol. The lowest BCUT2D eigenvalue weighted by molar-refractivity contribution is -0.161. The fourth-order valence-electron chi connectivity index (χ4n) is 11.4. The second-order valence-electron chi connectivity index (χ2n) is 27.2. The van der Waals surface area contributed by atoms with Gasteiger partial charge < -0.3 is 33.8 Å². The number of esters is 4. The van der Waals surface area contributed by atoms with Crippen molar-refractivity contribution < 1.29 is 80.2 Å². The lowest BCUT2D eigenvalue weighted by atomic mass is 10.0. The summed E-state index contributed by atoms with van der Waals surface area (Å²) in [7, 11) is -9.90. The SMILES string of the molecule is CCCCCCCCCCCCCCCCCCC(=O)OC[C@H](COP(=O)(O)OC[C@@H](O)COP(=O)(O)OC[C@@H](COC(=O)CCCCCCCCCC)OC(=O)CCCCCCCCCCCC)OC(=O)CCCCCCCCCCCCCCCCCCC(C)C. The Morgan fingerprint density at radius 1 is 0.290 bits per heavy atom. The highest BCUT2D eigenvalue weighted by atomic mass is 31.2. The Balaban J connectivity index is 5.19. The smallest absolute Gasteiger partial charge is 0.462 e. The van der Waals surface area contributed by atoms with Gasteiger partial charge in [-0.2, -0.15) is 0 Å². The van der Waals surface area contributed by atoms with E-state index in [2.05, 4.69) is 34.6 Å². The third-order valence-corrected chi connectivity index (χ3v) is 19.2. The zero-order chi connectivity index (χ0) is 68.4. The summed E-state index contributed by atoms with van der Waals surface area (Å²) < 4.78 is 68.3. The molecule has 0 radical (unpaired) electrons. The fraction of sp³-hybridized carbons (Fsp3) is 0.946. The molecule has 0 aliphatic heterocycles. The van der Waals surface area contributed by atoms with Crippen molar-refractivity contribution in [2.75, 3.05) is 39.6 Å². The van der Waals surface area contributed by atoms with Gasteiger partial charge in [-0.3, -0.25) is 37.3 Å².